The molecule has 0 saturated carbocycles. The zero-order valence-corrected chi connectivity index (χ0v) is 12.9. The lowest BCUT2D eigenvalue weighted by Gasteiger charge is -2.36. The van der Waals surface area contributed by atoms with Crippen LogP contribution in [0, 0.1) is 0 Å². The molecule has 1 amide bonds. The highest BCUT2D eigenvalue weighted by Crippen LogP contribution is 2.18. The van der Waals surface area contributed by atoms with Gasteiger partial charge < -0.3 is 9.80 Å². The highest BCUT2D eigenvalue weighted by atomic mass is 35.5. The van der Waals surface area contributed by atoms with Crippen molar-refractivity contribution in [3.05, 3.63) is 29.8 Å². The van der Waals surface area contributed by atoms with Crippen LogP contribution in [0.25, 0.3) is 0 Å². The second-order valence-corrected chi connectivity index (χ2v) is 5.54. The van der Waals surface area contributed by atoms with Crippen molar-refractivity contribution >= 4 is 23.2 Å². The minimum atomic E-state index is 0.0428. The Bertz CT molecular complexity index is 425. The molecule has 0 unspecified atom stereocenters. The van der Waals surface area contributed by atoms with E-state index in [0.717, 1.165) is 32.6 Å². The van der Waals surface area contributed by atoms with Gasteiger partial charge in [0.2, 0.25) is 5.91 Å². The number of aryl methyl sites for hydroxylation is 1. The minimum absolute atomic E-state index is 0.0428. The molecule has 1 aromatic rings. The van der Waals surface area contributed by atoms with E-state index in [1.54, 1.807) is 0 Å². The van der Waals surface area contributed by atoms with Crippen LogP contribution in [0.5, 0.6) is 0 Å². The van der Waals surface area contributed by atoms with E-state index in [-0.39, 0.29) is 11.8 Å². The second kappa shape index (κ2) is 7.53. The third-order valence-electron chi connectivity index (χ3n) is 3.87. The minimum Gasteiger partial charge on any atom is -0.368 e. The Labute approximate surface area is 126 Å². The molecule has 1 aromatic carbocycles. The molecule has 3 nitrogen and oxygen atoms in total. The SMILES string of the molecule is CCCCc1ccc(N2CCN(C(=O)CCl)CC2)cc1. The average Bonchev–Trinajstić information content (AvgIpc) is 2.53. The van der Waals surface area contributed by atoms with E-state index < -0.39 is 0 Å². The molecular formula is C16H23ClN2O. The molecule has 20 heavy (non-hydrogen) atoms. The fraction of sp³-hybridized carbons (Fsp3) is 0.562. The van der Waals surface area contributed by atoms with Gasteiger partial charge in [0.25, 0.3) is 0 Å². The summed E-state index contributed by atoms with van der Waals surface area (Å²) in [6.07, 6.45) is 3.64. The van der Waals surface area contributed by atoms with Gasteiger partial charge in [0.1, 0.15) is 5.88 Å². The summed E-state index contributed by atoms with van der Waals surface area (Å²) in [5.41, 5.74) is 2.66. The van der Waals surface area contributed by atoms with E-state index in [1.807, 2.05) is 4.90 Å². The topological polar surface area (TPSA) is 23.6 Å². The Kier molecular flexibility index (Phi) is 5.72. The normalized spacial score (nSPS) is 15.5. The van der Waals surface area contributed by atoms with Gasteiger partial charge in [-0.15, -0.1) is 11.6 Å². The van der Waals surface area contributed by atoms with Gasteiger partial charge in [-0.3, -0.25) is 4.79 Å². The zero-order chi connectivity index (χ0) is 14.4. The molecule has 1 aliphatic heterocycles. The molecular weight excluding hydrogens is 272 g/mol. The van der Waals surface area contributed by atoms with Gasteiger partial charge in [-0.05, 0) is 30.5 Å². The Morgan fingerprint density at radius 2 is 1.80 bits per heavy atom. The van der Waals surface area contributed by atoms with Crippen LogP contribution >= 0.6 is 11.6 Å². The number of carbonyl (C=O) groups is 1. The van der Waals surface area contributed by atoms with Crippen LogP contribution in [0.3, 0.4) is 0 Å². The van der Waals surface area contributed by atoms with Crippen molar-refractivity contribution in [2.24, 2.45) is 0 Å². The summed E-state index contributed by atoms with van der Waals surface area (Å²) >= 11 is 5.59. The first kappa shape index (κ1) is 15.2. The van der Waals surface area contributed by atoms with E-state index in [2.05, 4.69) is 36.1 Å². The predicted octanol–water partition coefficient (Wildman–Crippen LogP) is 2.92. The third kappa shape index (κ3) is 3.89. The molecule has 0 aliphatic carbocycles. The fourth-order valence-electron chi connectivity index (χ4n) is 2.55. The maximum Gasteiger partial charge on any atom is 0.237 e. The monoisotopic (exact) mass is 294 g/mol. The number of rotatable bonds is 5. The van der Waals surface area contributed by atoms with Gasteiger partial charge >= 0.3 is 0 Å². The van der Waals surface area contributed by atoms with Crippen LogP contribution in [0.1, 0.15) is 25.3 Å². The predicted molar refractivity (Wildman–Crippen MR) is 84.6 cm³/mol. The molecule has 1 heterocycles. The third-order valence-corrected chi connectivity index (χ3v) is 4.10. The molecule has 1 aliphatic rings. The lowest BCUT2D eigenvalue weighted by Crippen LogP contribution is -2.49. The highest BCUT2D eigenvalue weighted by Gasteiger charge is 2.20. The van der Waals surface area contributed by atoms with Gasteiger partial charge in [-0.2, -0.15) is 0 Å². The molecule has 2 rings (SSSR count). The molecule has 0 N–H and O–H groups in total. The average molecular weight is 295 g/mol. The number of hydrogen-bond acceptors (Lipinski definition) is 2. The van der Waals surface area contributed by atoms with Crippen molar-refractivity contribution in [3.8, 4) is 0 Å². The van der Waals surface area contributed by atoms with Gasteiger partial charge in [-0.25, -0.2) is 0 Å². The van der Waals surface area contributed by atoms with E-state index in [9.17, 15) is 4.79 Å². The Hall–Kier alpha value is -1.22. The van der Waals surface area contributed by atoms with Crippen LogP contribution in [-0.4, -0.2) is 42.9 Å². The lowest BCUT2D eigenvalue weighted by molar-refractivity contribution is -0.128. The number of piperazine rings is 1. The van der Waals surface area contributed by atoms with E-state index >= 15 is 0 Å². The van der Waals surface area contributed by atoms with Crippen molar-refractivity contribution < 1.29 is 4.79 Å². The quantitative estimate of drug-likeness (QED) is 0.780. The number of halogens is 1. The van der Waals surface area contributed by atoms with Gasteiger partial charge in [0.15, 0.2) is 0 Å². The first-order valence-corrected chi connectivity index (χ1v) is 7.95. The molecule has 0 atom stereocenters. The summed E-state index contributed by atoms with van der Waals surface area (Å²) in [7, 11) is 0. The maximum absolute atomic E-state index is 11.5. The Morgan fingerprint density at radius 1 is 1.15 bits per heavy atom. The van der Waals surface area contributed by atoms with Crippen LogP contribution in [-0.2, 0) is 11.2 Å². The molecule has 110 valence electrons. The zero-order valence-electron chi connectivity index (χ0n) is 12.1. The van der Waals surface area contributed by atoms with Crippen molar-refractivity contribution in [2.75, 3.05) is 37.0 Å². The van der Waals surface area contributed by atoms with E-state index in [1.165, 1.54) is 24.1 Å². The largest absolute Gasteiger partial charge is 0.368 e. The van der Waals surface area contributed by atoms with Gasteiger partial charge in [-0.1, -0.05) is 25.5 Å². The number of alkyl halides is 1. The number of nitrogens with zero attached hydrogens (tertiary/aromatic N) is 2. The summed E-state index contributed by atoms with van der Waals surface area (Å²) in [6, 6.07) is 8.84. The first-order chi connectivity index (χ1) is 9.74. The summed E-state index contributed by atoms with van der Waals surface area (Å²) in [6.45, 7) is 5.52. The highest BCUT2D eigenvalue weighted by molar-refractivity contribution is 6.27. The number of carbonyl (C=O) groups excluding carboxylic acids is 1. The molecule has 1 saturated heterocycles. The van der Waals surface area contributed by atoms with Crippen molar-refractivity contribution in [1.82, 2.24) is 4.90 Å². The van der Waals surface area contributed by atoms with E-state index in [0.29, 0.717) is 0 Å². The van der Waals surface area contributed by atoms with Crippen LogP contribution in [0.15, 0.2) is 24.3 Å². The standard InChI is InChI=1S/C16H23ClN2O/c1-2-3-4-14-5-7-15(8-6-14)18-9-11-19(12-10-18)16(20)13-17/h5-8H,2-4,9-13H2,1H3. The van der Waals surface area contributed by atoms with Crippen LogP contribution in [0.2, 0.25) is 0 Å². The van der Waals surface area contributed by atoms with Gasteiger partial charge in [0, 0.05) is 31.9 Å². The number of amides is 1. The summed E-state index contributed by atoms with van der Waals surface area (Å²) in [5.74, 6) is 0.132. The first-order valence-electron chi connectivity index (χ1n) is 7.42. The number of benzene rings is 1. The number of unbranched alkanes of at least 4 members (excludes halogenated alkanes) is 1. The molecule has 0 bridgehead atoms. The van der Waals surface area contributed by atoms with E-state index in [4.69, 9.17) is 11.6 Å². The summed E-state index contributed by atoms with van der Waals surface area (Å²) in [5, 5.41) is 0. The summed E-state index contributed by atoms with van der Waals surface area (Å²) < 4.78 is 0. The lowest BCUT2D eigenvalue weighted by atomic mass is 10.1. The molecule has 4 heteroatoms. The smallest absolute Gasteiger partial charge is 0.237 e. The molecule has 0 aromatic heterocycles. The Morgan fingerprint density at radius 3 is 2.35 bits per heavy atom. The Balaban J connectivity index is 1.88. The van der Waals surface area contributed by atoms with Gasteiger partial charge in [0.05, 0.1) is 0 Å². The van der Waals surface area contributed by atoms with Crippen molar-refractivity contribution in [3.63, 3.8) is 0 Å². The fourth-order valence-corrected chi connectivity index (χ4v) is 2.72. The molecule has 0 spiro atoms. The summed E-state index contributed by atoms with van der Waals surface area (Å²) in [4.78, 5) is 15.7. The van der Waals surface area contributed by atoms with Crippen molar-refractivity contribution in [1.29, 1.82) is 0 Å². The van der Waals surface area contributed by atoms with Crippen LogP contribution in [0.4, 0.5) is 5.69 Å². The maximum atomic E-state index is 11.5. The number of anilines is 1. The molecule has 1 fully saturated rings. The van der Waals surface area contributed by atoms with Crippen LogP contribution < -0.4 is 4.90 Å². The molecule has 0 radical (unpaired) electrons. The number of hydrogen-bond donors (Lipinski definition) is 0. The second-order valence-electron chi connectivity index (χ2n) is 5.27. The van der Waals surface area contributed by atoms with Crippen molar-refractivity contribution in [2.45, 2.75) is 26.2 Å².